The summed E-state index contributed by atoms with van der Waals surface area (Å²) in [6, 6.07) is 13.2. The number of rotatable bonds is 8. The average Bonchev–Trinajstić information content (AvgIpc) is 3.05. The maximum absolute atomic E-state index is 12.8. The number of likely N-dealkylation sites (tertiary alicyclic amines) is 1. The third-order valence-electron chi connectivity index (χ3n) is 5.24. The van der Waals surface area contributed by atoms with Crippen molar-refractivity contribution in [2.24, 2.45) is 5.92 Å². The van der Waals surface area contributed by atoms with Crippen molar-refractivity contribution in [2.45, 2.75) is 50.2 Å². The fraction of sp³-hybridized carbons (Fsp3) is 0.524. The van der Waals surface area contributed by atoms with E-state index < -0.39 is 16.1 Å². The molecule has 2 aromatic carbocycles. The number of nitrogens with one attached hydrogen (secondary N) is 1. The largest absolute Gasteiger partial charge is 0.390 e. The summed E-state index contributed by atoms with van der Waals surface area (Å²) in [4.78, 5) is 2.56. The Bertz CT molecular complexity index is 861. The van der Waals surface area contributed by atoms with Gasteiger partial charge in [-0.05, 0) is 43.2 Å². The van der Waals surface area contributed by atoms with E-state index in [9.17, 15) is 13.5 Å². The monoisotopic (exact) mass is 390 g/mol. The normalized spacial score (nSPS) is 19.8. The summed E-state index contributed by atoms with van der Waals surface area (Å²) >= 11 is 0. The van der Waals surface area contributed by atoms with Gasteiger partial charge in [0.25, 0.3) is 0 Å². The highest BCUT2D eigenvalue weighted by Gasteiger charge is 2.27. The van der Waals surface area contributed by atoms with Crippen molar-refractivity contribution >= 4 is 20.8 Å². The fourth-order valence-corrected chi connectivity index (χ4v) is 5.30. The van der Waals surface area contributed by atoms with E-state index in [0.717, 1.165) is 31.2 Å². The standard InChI is InChI=1S/C21H30N2O3S/c1-16(2)13-18-9-6-12-23(18)15-19(24)14-22-27(25,26)21-11-5-8-17-7-3-4-10-20(17)21/h3-5,7-8,10-11,16,18-19,22,24H,6,9,12-15H2,1-2H3/t18?,19-/m0/s1. The van der Waals surface area contributed by atoms with E-state index >= 15 is 0 Å². The SMILES string of the molecule is CC(C)CC1CCCN1C[C@@H](O)CNS(=O)(=O)c1cccc2ccccc12. The molecule has 1 unspecified atom stereocenters. The minimum absolute atomic E-state index is 0.0243. The molecule has 1 aliphatic heterocycles. The lowest BCUT2D eigenvalue weighted by Gasteiger charge is -2.28. The van der Waals surface area contributed by atoms with E-state index in [1.54, 1.807) is 18.2 Å². The van der Waals surface area contributed by atoms with Crippen LogP contribution in [0.25, 0.3) is 10.8 Å². The van der Waals surface area contributed by atoms with Gasteiger partial charge in [0.05, 0.1) is 11.0 Å². The van der Waals surface area contributed by atoms with Crippen LogP contribution >= 0.6 is 0 Å². The summed E-state index contributed by atoms with van der Waals surface area (Å²) in [6.07, 6.45) is 2.70. The molecule has 1 fully saturated rings. The number of benzene rings is 2. The predicted octanol–water partition coefficient (Wildman–Crippen LogP) is 2.99. The summed E-state index contributed by atoms with van der Waals surface area (Å²) in [7, 11) is -3.68. The molecular weight excluding hydrogens is 360 g/mol. The summed E-state index contributed by atoms with van der Waals surface area (Å²) in [6.45, 7) is 5.94. The number of nitrogens with zero attached hydrogens (tertiary/aromatic N) is 1. The van der Waals surface area contributed by atoms with Crippen LogP contribution in [0, 0.1) is 5.92 Å². The van der Waals surface area contributed by atoms with E-state index in [1.165, 1.54) is 0 Å². The molecule has 5 nitrogen and oxygen atoms in total. The first-order valence-corrected chi connectivity index (χ1v) is 11.2. The van der Waals surface area contributed by atoms with Gasteiger partial charge < -0.3 is 5.11 Å². The average molecular weight is 391 g/mol. The first-order valence-electron chi connectivity index (χ1n) is 9.76. The minimum atomic E-state index is -3.68. The third kappa shape index (κ3) is 5.08. The van der Waals surface area contributed by atoms with Gasteiger partial charge in [-0.25, -0.2) is 13.1 Å². The second kappa shape index (κ2) is 8.69. The fourth-order valence-electron chi connectivity index (χ4n) is 4.00. The Hall–Kier alpha value is -1.47. The predicted molar refractivity (Wildman–Crippen MR) is 109 cm³/mol. The molecule has 1 heterocycles. The number of hydrogen-bond donors (Lipinski definition) is 2. The van der Waals surface area contributed by atoms with E-state index in [0.29, 0.717) is 23.9 Å². The number of fused-ring (bicyclic) bond motifs is 1. The lowest BCUT2D eigenvalue weighted by Crippen LogP contribution is -2.42. The van der Waals surface area contributed by atoms with Crippen LogP contribution in [0.5, 0.6) is 0 Å². The van der Waals surface area contributed by atoms with E-state index in [1.807, 2.05) is 24.3 Å². The summed E-state index contributed by atoms with van der Waals surface area (Å²) in [5.74, 6) is 0.623. The summed E-state index contributed by atoms with van der Waals surface area (Å²) in [5, 5.41) is 12.0. The maximum Gasteiger partial charge on any atom is 0.241 e. The van der Waals surface area contributed by atoms with Crippen molar-refractivity contribution in [3.63, 3.8) is 0 Å². The molecule has 0 aliphatic carbocycles. The summed E-state index contributed by atoms with van der Waals surface area (Å²) < 4.78 is 28.1. The second-order valence-electron chi connectivity index (χ2n) is 7.90. The highest BCUT2D eigenvalue weighted by atomic mass is 32.2. The van der Waals surface area contributed by atoms with Crippen LogP contribution in [-0.2, 0) is 10.0 Å². The number of aliphatic hydroxyl groups is 1. The molecule has 2 N–H and O–H groups in total. The van der Waals surface area contributed by atoms with Gasteiger partial charge >= 0.3 is 0 Å². The Morgan fingerprint density at radius 1 is 1.19 bits per heavy atom. The van der Waals surface area contributed by atoms with E-state index in [4.69, 9.17) is 0 Å². The Labute approximate surface area is 162 Å². The van der Waals surface area contributed by atoms with Crippen LogP contribution in [-0.4, -0.2) is 50.2 Å². The quantitative estimate of drug-likeness (QED) is 0.727. The Kier molecular flexibility index (Phi) is 6.52. The zero-order valence-electron chi connectivity index (χ0n) is 16.1. The maximum atomic E-state index is 12.8. The van der Waals surface area contributed by atoms with Gasteiger partial charge in [-0.15, -0.1) is 0 Å². The molecule has 2 atom stereocenters. The van der Waals surface area contributed by atoms with Crippen molar-refractivity contribution in [2.75, 3.05) is 19.6 Å². The van der Waals surface area contributed by atoms with Gasteiger partial charge in [0.15, 0.2) is 0 Å². The molecule has 0 saturated carbocycles. The van der Waals surface area contributed by atoms with E-state index in [2.05, 4.69) is 23.5 Å². The summed E-state index contributed by atoms with van der Waals surface area (Å²) in [5.41, 5.74) is 0. The second-order valence-corrected chi connectivity index (χ2v) is 9.64. The molecule has 0 aromatic heterocycles. The highest BCUT2D eigenvalue weighted by molar-refractivity contribution is 7.89. The van der Waals surface area contributed by atoms with Crippen LogP contribution in [0.2, 0.25) is 0 Å². The van der Waals surface area contributed by atoms with Gasteiger partial charge in [0.2, 0.25) is 10.0 Å². The molecule has 0 radical (unpaired) electrons. The van der Waals surface area contributed by atoms with Crippen molar-refractivity contribution in [3.8, 4) is 0 Å². The van der Waals surface area contributed by atoms with Gasteiger partial charge in [0.1, 0.15) is 0 Å². The van der Waals surface area contributed by atoms with Crippen molar-refractivity contribution in [1.29, 1.82) is 0 Å². The molecule has 148 valence electrons. The van der Waals surface area contributed by atoms with Gasteiger partial charge in [0, 0.05) is 24.5 Å². The lowest BCUT2D eigenvalue weighted by molar-refractivity contribution is 0.103. The Morgan fingerprint density at radius 3 is 2.70 bits per heavy atom. The number of aliphatic hydroxyl groups excluding tert-OH is 1. The van der Waals surface area contributed by atoms with Crippen LogP contribution in [0.1, 0.15) is 33.1 Å². The molecule has 1 aliphatic rings. The van der Waals surface area contributed by atoms with Crippen LogP contribution in [0.4, 0.5) is 0 Å². The van der Waals surface area contributed by atoms with Crippen LogP contribution < -0.4 is 4.72 Å². The Balaban J connectivity index is 1.63. The number of β-amino-alcohol motifs (C(OH)–C–C–N with tert-alkyl or cyclic N) is 1. The minimum Gasteiger partial charge on any atom is -0.390 e. The van der Waals surface area contributed by atoms with Gasteiger partial charge in [-0.1, -0.05) is 50.2 Å². The molecule has 2 aromatic rings. The molecule has 0 amide bonds. The molecule has 6 heteroatoms. The van der Waals surface area contributed by atoms with Crippen LogP contribution in [0.15, 0.2) is 47.4 Å². The van der Waals surface area contributed by atoms with E-state index in [-0.39, 0.29) is 11.4 Å². The zero-order chi connectivity index (χ0) is 19.4. The molecule has 27 heavy (non-hydrogen) atoms. The molecule has 3 rings (SSSR count). The van der Waals surface area contributed by atoms with Crippen molar-refractivity contribution < 1.29 is 13.5 Å². The number of hydrogen-bond acceptors (Lipinski definition) is 4. The molecular formula is C21H30N2O3S. The molecule has 1 saturated heterocycles. The Morgan fingerprint density at radius 2 is 1.93 bits per heavy atom. The third-order valence-corrected chi connectivity index (χ3v) is 6.72. The highest BCUT2D eigenvalue weighted by Crippen LogP contribution is 2.24. The zero-order valence-corrected chi connectivity index (χ0v) is 17.0. The van der Waals surface area contributed by atoms with Gasteiger partial charge in [-0.2, -0.15) is 0 Å². The first kappa shape index (κ1) is 20.3. The number of sulfonamides is 1. The first-order chi connectivity index (χ1) is 12.9. The van der Waals surface area contributed by atoms with Crippen molar-refractivity contribution in [1.82, 2.24) is 9.62 Å². The van der Waals surface area contributed by atoms with Crippen molar-refractivity contribution in [3.05, 3.63) is 42.5 Å². The molecule has 0 bridgehead atoms. The lowest BCUT2D eigenvalue weighted by atomic mass is 10.0. The van der Waals surface area contributed by atoms with Gasteiger partial charge in [-0.3, -0.25) is 4.90 Å². The smallest absolute Gasteiger partial charge is 0.241 e. The van der Waals surface area contributed by atoms with Crippen LogP contribution in [0.3, 0.4) is 0 Å². The topological polar surface area (TPSA) is 69.6 Å². The molecule has 0 spiro atoms.